The number of carbonyl (C=O) groups excluding carboxylic acids is 1. The van der Waals surface area contributed by atoms with Crippen LogP contribution in [0, 0.1) is 18.3 Å². The summed E-state index contributed by atoms with van der Waals surface area (Å²) in [6, 6.07) is 8.32. The summed E-state index contributed by atoms with van der Waals surface area (Å²) < 4.78 is 3.35. The van der Waals surface area contributed by atoms with E-state index in [4.69, 9.17) is 4.98 Å². The minimum Gasteiger partial charge on any atom is -0.339 e. The summed E-state index contributed by atoms with van der Waals surface area (Å²) in [5.41, 5.74) is 9.69. The summed E-state index contributed by atoms with van der Waals surface area (Å²) in [4.78, 5) is 22.6. The van der Waals surface area contributed by atoms with Crippen LogP contribution >= 0.6 is 0 Å². The van der Waals surface area contributed by atoms with E-state index in [0.717, 1.165) is 67.8 Å². The fraction of sp³-hybridized carbons (Fsp3) is 0.179. The number of nitrogens with zero attached hydrogens (tertiary/aromatic N) is 7. The average Bonchev–Trinajstić information content (AvgIpc) is 3.68. The van der Waals surface area contributed by atoms with E-state index in [1.54, 1.807) is 33.7 Å². The predicted molar refractivity (Wildman–Crippen MR) is 142 cm³/mol. The lowest BCUT2D eigenvalue weighted by molar-refractivity contribution is -0.114. The van der Waals surface area contributed by atoms with Crippen molar-refractivity contribution < 1.29 is 4.79 Å². The van der Waals surface area contributed by atoms with Gasteiger partial charge in [-0.2, -0.15) is 15.5 Å². The minimum absolute atomic E-state index is 0.108. The van der Waals surface area contributed by atoms with E-state index in [0.29, 0.717) is 12.2 Å². The Morgan fingerprint density at radius 2 is 2.00 bits per heavy atom. The number of amides is 1. The molecule has 0 unspecified atom stereocenters. The molecule has 37 heavy (non-hydrogen) atoms. The average molecular weight is 489 g/mol. The molecule has 0 atom stereocenters. The third-order valence-corrected chi connectivity index (χ3v) is 7.15. The summed E-state index contributed by atoms with van der Waals surface area (Å²) in [7, 11) is 3.65. The van der Waals surface area contributed by atoms with Gasteiger partial charge in [-0.1, -0.05) is 18.7 Å². The Morgan fingerprint density at radius 3 is 2.73 bits per heavy atom. The molecule has 1 aromatic carbocycles. The number of pyridine rings is 1. The monoisotopic (exact) mass is 488 g/mol. The molecule has 6 rings (SSSR count). The van der Waals surface area contributed by atoms with E-state index < -0.39 is 0 Å². The highest BCUT2D eigenvalue weighted by molar-refractivity contribution is 6.09. The maximum absolute atomic E-state index is 12.5. The second-order valence-electron chi connectivity index (χ2n) is 9.19. The first kappa shape index (κ1) is 22.5. The van der Waals surface area contributed by atoms with E-state index in [1.807, 2.05) is 31.6 Å². The van der Waals surface area contributed by atoms with Gasteiger partial charge in [0.2, 0.25) is 5.91 Å². The first-order valence-corrected chi connectivity index (χ1v) is 11.9. The molecule has 0 radical (unpaired) electrons. The molecule has 0 saturated carbocycles. The Morgan fingerprint density at radius 1 is 1.16 bits per heavy atom. The molecule has 9 heteroatoms. The number of aryl methyl sites for hydroxylation is 3. The zero-order valence-electron chi connectivity index (χ0n) is 20.8. The number of nitriles is 1. The van der Waals surface area contributed by atoms with Crippen LogP contribution in [-0.2, 0) is 25.3 Å². The van der Waals surface area contributed by atoms with Gasteiger partial charge in [0.25, 0.3) is 0 Å². The van der Waals surface area contributed by atoms with E-state index in [-0.39, 0.29) is 5.91 Å². The van der Waals surface area contributed by atoms with Gasteiger partial charge >= 0.3 is 0 Å². The summed E-state index contributed by atoms with van der Waals surface area (Å²) >= 11 is 0. The van der Waals surface area contributed by atoms with E-state index in [2.05, 4.69) is 40.8 Å². The highest BCUT2D eigenvalue weighted by atomic mass is 16.2. The van der Waals surface area contributed by atoms with Gasteiger partial charge in [-0.15, -0.1) is 0 Å². The van der Waals surface area contributed by atoms with Crippen molar-refractivity contribution in [2.24, 2.45) is 14.1 Å². The van der Waals surface area contributed by atoms with E-state index >= 15 is 0 Å². The molecule has 0 saturated heterocycles. The van der Waals surface area contributed by atoms with Crippen LogP contribution in [-0.4, -0.2) is 42.0 Å². The number of nitrogens with one attached hydrogen (secondary N) is 1. The number of carbonyl (C=O) groups is 1. The molecule has 4 aromatic heterocycles. The lowest BCUT2D eigenvalue weighted by Gasteiger charge is -2.16. The standard InChI is InChI=1S/C28H24N8O/c1-5-24(37)36-10-9-18-19(7-6-8-22(18)36)26-25-16(2)20(21-14-32-35(4)23(21)11-29)13-30-28(25)33-27(26)17-12-31-34(3)15-17/h5-8,12-15H,1,9-10H2,2-4H3,(H,30,33). The second-order valence-corrected chi connectivity index (χ2v) is 9.19. The summed E-state index contributed by atoms with van der Waals surface area (Å²) in [6.45, 7) is 6.32. The number of hydrogen-bond acceptors (Lipinski definition) is 5. The number of rotatable bonds is 4. The molecule has 182 valence electrons. The van der Waals surface area contributed by atoms with Crippen LogP contribution in [0.2, 0.25) is 0 Å². The number of anilines is 1. The Balaban J connectivity index is 1.68. The van der Waals surface area contributed by atoms with Crippen molar-refractivity contribution in [3.8, 4) is 39.6 Å². The lowest BCUT2D eigenvalue weighted by atomic mass is 9.91. The number of fused-ring (bicyclic) bond motifs is 2. The van der Waals surface area contributed by atoms with Crippen LogP contribution in [0.5, 0.6) is 0 Å². The Kier molecular flexibility index (Phi) is 5.05. The normalized spacial score (nSPS) is 12.6. The fourth-order valence-corrected chi connectivity index (χ4v) is 5.39. The summed E-state index contributed by atoms with van der Waals surface area (Å²) in [5, 5.41) is 19.4. The van der Waals surface area contributed by atoms with Crippen LogP contribution in [0.3, 0.4) is 0 Å². The second kappa shape index (κ2) is 8.31. The van der Waals surface area contributed by atoms with Crippen molar-refractivity contribution in [3.63, 3.8) is 0 Å². The topological polar surface area (TPSA) is 108 Å². The summed E-state index contributed by atoms with van der Waals surface area (Å²) in [5.74, 6) is -0.108. The maximum Gasteiger partial charge on any atom is 0.250 e. The van der Waals surface area contributed by atoms with Crippen LogP contribution in [0.1, 0.15) is 16.8 Å². The van der Waals surface area contributed by atoms with Crippen molar-refractivity contribution in [2.75, 3.05) is 11.4 Å². The zero-order valence-corrected chi connectivity index (χ0v) is 20.8. The number of aromatic nitrogens is 6. The van der Waals surface area contributed by atoms with Crippen LogP contribution in [0.25, 0.3) is 44.5 Å². The molecule has 5 heterocycles. The maximum atomic E-state index is 12.5. The number of aromatic amines is 1. The Bertz CT molecular complexity index is 1780. The molecular weight excluding hydrogens is 464 g/mol. The molecule has 1 aliphatic heterocycles. The first-order chi connectivity index (χ1) is 17.9. The van der Waals surface area contributed by atoms with Gasteiger partial charge in [0, 0.05) is 66.4 Å². The largest absolute Gasteiger partial charge is 0.339 e. The zero-order chi connectivity index (χ0) is 25.8. The third-order valence-electron chi connectivity index (χ3n) is 7.15. The highest BCUT2D eigenvalue weighted by Crippen LogP contribution is 2.45. The number of hydrogen-bond donors (Lipinski definition) is 1. The van der Waals surface area contributed by atoms with Gasteiger partial charge in [-0.05, 0) is 42.2 Å². The highest BCUT2D eigenvalue weighted by Gasteiger charge is 2.29. The lowest BCUT2D eigenvalue weighted by Crippen LogP contribution is -2.26. The molecular formula is C28H24N8O. The number of benzene rings is 1. The first-order valence-electron chi connectivity index (χ1n) is 11.9. The van der Waals surface area contributed by atoms with Crippen molar-refractivity contribution in [1.82, 2.24) is 29.5 Å². The van der Waals surface area contributed by atoms with Crippen molar-refractivity contribution in [1.29, 1.82) is 5.26 Å². The van der Waals surface area contributed by atoms with E-state index in [9.17, 15) is 10.1 Å². The van der Waals surface area contributed by atoms with Crippen molar-refractivity contribution in [3.05, 3.63) is 72.5 Å². The molecule has 0 bridgehead atoms. The molecule has 5 aromatic rings. The van der Waals surface area contributed by atoms with Gasteiger partial charge in [0.05, 0.1) is 18.1 Å². The molecule has 9 nitrogen and oxygen atoms in total. The van der Waals surface area contributed by atoms with Gasteiger partial charge in [-0.25, -0.2) is 4.98 Å². The molecule has 1 aliphatic rings. The fourth-order valence-electron chi connectivity index (χ4n) is 5.39. The molecule has 1 N–H and O–H groups in total. The summed E-state index contributed by atoms with van der Waals surface area (Å²) in [6.07, 6.45) is 9.39. The predicted octanol–water partition coefficient (Wildman–Crippen LogP) is 4.29. The molecule has 0 aliphatic carbocycles. The van der Waals surface area contributed by atoms with E-state index in [1.165, 1.54) is 6.08 Å². The molecule has 0 fully saturated rings. The van der Waals surface area contributed by atoms with Gasteiger partial charge in [0.15, 0.2) is 0 Å². The Labute approximate surface area is 213 Å². The smallest absolute Gasteiger partial charge is 0.250 e. The van der Waals surface area contributed by atoms with Gasteiger partial charge < -0.3 is 9.88 Å². The van der Waals surface area contributed by atoms with Crippen LogP contribution < -0.4 is 4.90 Å². The van der Waals surface area contributed by atoms with Crippen LogP contribution in [0.4, 0.5) is 5.69 Å². The van der Waals surface area contributed by atoms with Crippen LogP contribution in [0.15, 0.2) is 55.6 Å². The SMILES string of the molecule is C=CC(=O)N1CCc2c(-c3c(-c4cnn(C)c4)[nH]c4ncc(-c5cnn(C)c5C#N)c(C)c34)cccc21. The minimum atomic E-state index is -0.108. The molecule has 0 spiro atoms. The van der Waals surface area contributed by atoms with Crippen molar-refractivity contribution >= 4 is 22.6 Å². The van der Waals surface area contributed by atoms with Gasteiger partial charge in [-0.3, -0.25) is 14.2 Å². The Hall–Kier alpha value is -4.97. The van der Waals surface area contributed by atoms with Gasteiger partial charge in [0.1, 0.15) is 17.4 Å². The molecule has 1 amide bonds. The third kappa shape index (κ3) is 3.30. The number of H-pyrrole nitrogens is 1. The van der Waals surface area contributed by atoms with Crippen molar-refractivity contribution in [2.45, 2.75) is 13.3 Å². The quantitative estimate of drug-likeness (QED) is 0.380.